The third-order valence-electron chi connectivity index (χ3n) is 1.31. The van der Waals surface area contributed by atoms with Gasteiger partial charge < -0.3 is 10.7 Å². The molecule has 0 fully saturated rings. The SMILES string of the molecule is N#C/C(=C\c1ccc[nH]1)C(N)=O. The molecule has 0 unspecified atom stereocenters. The fraction of sp³-hybridized carbons (Fsp3) is 0. The van der Waals surface area contributed by atoms with E-state index in [0.29, 0.717) is 5.69 Å². The maximum Gasteiger partial charge on any atom is 0.259 e. The third-order valence-corrected chi connectivity index (χ3v) is 1.31. The first-order chi connectivity index (χ1) is 5.74. The lowest BCUT2D eigenvalue weighted by Gasteiger charge is -1.88. The van der Waals surface area contributed by atoms with E-state index < -0.39 is 5.91 Å². The van der Waals surface area contributed by atoms with Gasteiger partial charge in [0.05, 0.1) is 0 Å². The molecule has 1 rings (SSSR count). The average molecular weight is 161 g/mol. The molecule has 0 bridgehead atoms. The molecule has 0 atom stereocenters. The number of hydrogen-bond donors (Lipinski definition) is 2. The topological polar surface area (TPSA) is 82.7 Å². The van der Waals surface area contributed by atoms with Crippen molar-refractivity contribution in [2.75, 3.05) is 0 Å². The van der Waals surface area contributed by atoms with Gasteiger partial charge in [-0.25, -0.2) is 0 Å². The monoisotopic (exact) mass is 161 g/mol. The van der Waals surface area contributed by atoms with Crippen LogP contribution in [0.4, 0.5) is 0 Å². The van der Waals surface area contributed by atoms with Crippen LogP contribution in [0.2, 0.25) is 0 Å². The number of nitrogens with zero attached hydrogens (tertiary/aromatic N) is 1. The lowest BCUT2D eigenvalue weighted by Crippen LogP contribution is -2.12. The highest BCUT2D eigenvalue weighted by atomic mass is 16.1. The highest BCUT2D eigenvalue weighted by Crippen LogP contribution is 2.02. The minimum absolute atomic E-state index is 0.0579. The standard InChI is InChI=1S/C8H7N3O/c9-5-6(8(10)12)4-7-2-1-3-11-7/h1-4,11H,(H2,10,12)/b6-4+. The first-order valence-corrected chi connectivity index (χ1v) is 3.29. The number of H-pyrrole nitrogens is 1. The third kappa shape index (κ3) is 1.73. The van der Waals surface area contributed by atoms with E-state index in [1.807, 2.05) is 0 Å². The molecule has 1 aromatic heterocycles. The molecule has 0 radical (unpaired) electrons. The number of aromatic amines is 1. The maximum absolute atomic E-state index is 10.6. The van der Waals surface area contributed by atoms with Crippen molar-refractivity contribution in [2.45, 2.75) is 0 Å². The number of aromatic nitrogens is 1. The molecule has 0 spiro atoms. The summed E-state index contributed by atoms with van der Waals surface area (Å²) in [5.41, 5.74) is 5.55. The Balaban J connectivity index is 2.95. The number of carbonyl (C=O) groups excluding carboxylic acids is 1. The normalized spacial score (nSPS) is 10.8. The first-order valence-electron chi connectivity index (χ1n) is 3.29. The highest BCUT2D eigenvalue weighted by molar-refractivity contribution is 6.00. The Labute approximate surface area is 69.3 Å². The Morgan fingerprint density at radius 1 is 1.75 bits per heavy atom. The zero-order valence-corrected chi connectivity index (χ0v) is 6.24. The molecular weight excluding hydrogens is 154 g/mol. The number of nitrogens with two attached hydrogens (primary N) is 1. The predicted octanol–water partition coefficient (Wildman–Crippen LogP) is 0.407. The number of hydrogen-bond acceptors (Lipinski definition) is 2. The Morgan fingerprint density at radius 2 is 2.50 bits per heavy atom. The second kappa shape index (κ2) is 3.39. The molecule has 0 aliphatic rings. The van der Waals surface area contributed by atoms with Crippen LogP contribution in [0.3, 0.4) is 0 Å². The summed E-state index contributed by atoms with van der Waals surface area (Å²) >= 11 is 0. The predicted molar refractivity (Wildman–Crippen MR) is 43.6 cm³/mol. The summed E-state index contributed by atoms with van der Waals surface area (Å²) in [4.78, 5) is 13.4. The van der Waals surface area contributed by atoms with Gasteiger partial charge in [0, 0.05) is 11.9 Å². The summed E-state index contributed by atoms with van der Waals surface area (Å²) in [5, 5.41) is 8.46. The van der Waals surface area contributed by atoms with Gasteiger partial charge in [-0.2, -0.15) is 5.26 Å². The van der Waals surface area contributed by atoms with E-state index in [2.05, 4.69) is 4.98 Å². The van der Waals surface area contributed by atoms with E-state index in [1.165, 1.54) is 6.08 Å². The second-order valence-electron chi connectivity index (χ2n) is 2.16. The van der Waals surface area contributed by atoms with Crippen LogP contribution in [-0.2, 0) is 4.79 Å². The van der Waals surface area contributed by atoms with Crippen molar-refractivity contribution >= 4 is 12.0 Å². The van der Waals surface area contributed by atoms with Crippen LogP contribution in [-0.4, -0.2) is 10.9 Å². The Hall–Kier alpha value is -2.02. The number of amides is 1. The molecule has 60 valence electrons. The van der Waals surface area contributed by atoms with Crippen LogP contribution in [0, 0.1) is 11.3 Å². The smallest absolute Gasteiger partial charge is 0.259 e. The minimum Gasteiger partial charge on any atom is -0.365 e. The van der Waals surface area contributed by atoms with Crippen molar-refractivity contribution < 1.29 is 4.79 Å². The molecule has 0 aromatic carbocycles. The van der Waals surface area contributed by atoms with E-state index in [0.717, 1.165) is 0 Å². The summed E-state index contributed by atoms with van der Waals surface area (Å²) in [5.74, 6) is -0.716. The van der Waals surface area contributed by atoms with Gasteiger partial charge in [0.1, 0.15) is 11.6 Å². The molecular formula is C8H7N3O. The van der Waals surface area contributed by atoms with Crippen molar-refractivity contribution in [1.29, 1.82) is 5.26 Å². The molecule has 0 saturated carbocycles. The molecule has 1 aromatic rings. The quantitative estimate of drug-likeness (QED) is 0.486. The number of nitrogens with one attached hydrogen (secondary N) is 1. The molecule has 1 heterocycles. The zero-order chi connectivity index (χ0) is 8.97. The molecule has 0 aliphatic carbocycles. The summed E-state index contributed by atoms with van der Waals surface area (Å²) < 4.78 is 0. The van der Waals surface area contributed by atoms with Gasteiger partial charge in [-0.3, -0.25) is 4.79 Å². The van der Waals surface area contributed by atoms with Gasteiger partial charge in [0.2, 0.25) is 0 Å². The van der Waals surface area contributed by atoms with Crippen molar-refractivity contribution in [2.24, 2.45) is 5.73 Å². The summed E-state index contributed by atoms with van der Waals surface area (Å²) in [6.45, 7) is 0. The van der Waals surface area contributed by atoms with Crippen LogP contribution in [0.1, 0.15) is 5.69 Å². The number of primary amides is 1. The van der Waals surface area contributed by atoms with E-state index in [1.54, 1.807) is 24.4 Å². The first kappa shape index (κ1) is 8.08. The Bertz CT molecular complexity index is 343. The summed E-state index contributed by atoms with van der Waals surface area (Å²) in [6.07, 6.45) is 3.10. The Kier molecular flexibility index (Phi) is 2.29. The largest absolute Gasteiger partial charge is 0.365 e. The van der Waals surface area contributed by atoms with E-state index in [9.17, 15) is 4.79 Å². The van der Waals surface area contributed by atoms with Gasteiger partial charge in [0.15, 0.2) is 0 Å². The van der Waals surface area contributed by atoms with Crippen LogP contribution in [0.5, 0.6) is 0 Å². The highest BCUT2D eigenvalue weighted by Gasteiger charge is 2.02. The maximum atomic E-state index is 10.6. The molecule has 12 heavy (non-hydrogen) atoms. The molecule has 4 heteroatoms. The average Bonchev–Trinajstić information content (AvgIpc) is 2.51. The molecule has 3 N–H and O–H groups in total. The van der Waals surface area contributed by atoms with Crippen molar-refractivity contribution in [3.63, 3.8) is 0 Å². The van der Waals surface area contributed by atoms with Gasteiger partial charge in [-0.15, -0.1) is 0 Å². The van der Waals surface area contributed by atoms with Gasteiger partial charge in [-0.05, 0) is 18.2 Å². The molecule has 4 nitrogen and oxygen atoms in total. The van der Waals surface area contributed by atoms with E-state index in [-0.39, 0.29) is 5.57 Å². The summed E-state index contributed by atoms with van der Waals surface area (Å²) in [6, 6.07) is 5.21. The number of carbonyl (C=O) groups is 1. The molecule has 0 aliphatic heterocycles. The molecule has 1 amide bonds. The molecule has 0 saturated heterocycles. The number of nitriles is 1. The second-order valence-corrected chi connectivity index (χ2v) is 2.16. The lowest BCUT2D eigenvalue weighted by molar-refractivity contribution is -0.114. The van der Waals surface area contributed by atoms with Crippen LogP contribution < -0.4 is 5.73 Å². The lowest BCUT2D eigenvalue weighted by atomic mass is 10.2. The van der Waals surface area contributed by atoms with Gasteiger partial charge in [-0.1, -0.05) is 0 Å². The minimum atomic E-state index is -0.716. The van der Waals surface area contributed by atoms with Gasteiger partial charge in [0.25, 0.3) is 5.91 Å². The Morgan fingerprint density at radius 3 is 2.92 bits per heavy atom. The fourth-order valence-corrected chi connectivity index (χ4v) is 0.748. The fourth-order valence-electron chi connectivity index (χ4n) is 0.748. The van der Waals surface area contributed by atoms with Crippen LogP contribution in [0.25, 0.3) is 6.08 Å². The van der Waals surface area contributed by atoms with E-state index in [4.69, 9.17) is 11.0 Å². The number of rotatable bonds is 2. The summed E-state index contributed by atoms with van der Waals surface area (Å²) in [7, 11) is 0. The van der Waals surface area contributed by atoms with Crippen LogP contribution in [0.15, 0.2) is 23.9 Å². The van der Waals surface area contributed by atoms with Crippen molar-refractivity contribution in [3.8, 4) is 6.07 Å². The van der Waals surface area contributed by atoms with Crippen molar-refractivity contribution in [1.82, 2.24) is 4.98 Å². The van der Waals surface area contributed by atoms with Crippen LogP contribution >= 0.6 is 0 Å². The van der Waals surface area contributed by atoms with E-state index >= 15 is 0 Å². The zero-order valence-electron chi connectivity index (χ0n) is 6.24. The van der Waals surface area contributed by atoms with Crippen molar-refractivity contribution in [3.05, 3.63) is 29.6 Å². The van der Waals surface area contributed by atoms with Gasteiger partial charge >= 0.3 is 0 Å².